The van der Waals surface area contributed by atoms with Crippen LogP contribution in [-0.2, 0) is 14.3 Å². The van der Waals surface area contributed by atoms with E-state index in [0.717, 1.165) is 37.7 Å². The number of fused-ring (bicyclic) bond motifs is 5. The average molecular weight is 348 g/mol. The van der Waals surface area contributed by atoms with Gasteiger partial charge >= 0.3 is 5.97 Å². The fourth-order valence-electron chi connectivity index (χ4n) is 6.83. The van der Waals surface area contributed by atoms with Gasteiger partial charge in [0, 0.05) is 5.57 Å². The van der Waals surface area contributed by atoms with Gasteiger partial charge in [0.05, 0.1) is 24.4 Å². The van der Waals surface area contributed by atoms with Crippen molar-refractivity contribution in [3.05, 3.63) is 11.6 Å². The maximum absolute atomic E-state index is 12.3. The zero-order valence-electron chi connectivity index (χ0n) is 16.2. The van der Waals surface area contributed by atoms with Crippen LogP contribution in [0.15, 0.2) is 11.6 Å². The number of epoxide rings is 1. The van der Waals surface area contributed by atoms with Gasteiger partial charge in [-0.25, -0.2) is 4.79 Å². The maximum Gasteiger partial charge on any atom is 0.333 e. The SMILES string of the molecule is COC(=O)C1=CC2C(CC3(C)OC3CC1)C1C(C)(O)CCC21C(C)C. The highest BCUT2D eigenvalue weighted by Gasteiger charge is 2.72. The third-order valence-electron chi connectivity index (χ3n) is 8.08. The highest BCUT2D eigenvalue weighted by molar-refractivity contribution is 5.88. The number of methoxy groups -OCH3 is 1. The Morgan fingerprint density at radius 3 is 2.72 bits per heavy atom. The molecule has 7 unspecified atom stereocenters. The van der Waals surface area contributed by atoms with Crippen LogP contribution in [0.25, 0.3) is 0 Å². The monoisotopic (exact) mass is 348 g/mol. The molecule has 0 spiro atoms. The summed E-state index contributed by atoms with van der Waals surface area (Å²) in [5.74, 6) is 1.29. The molecule has 2 saturated carbocycles. The van der Waals surface area contributed by atoms with Gasteiger partial charge in [-0.05, 0) is 75.0 Å². The number of carbonyl (C=O) groups is 1. The van der Waals surface area contributed by atoms with Gasteiger partial charge in [-0.15, -0.1) is 0 Å². The molecule has 4 heteroatoms. The zero-order chi connectivity index (χ0) is 18.2. The molecule has 0 amide bonds. The number of esters is 1. The molecule has 1 saturated heterocycles. The zero-order valence-corrected chi connectivity index (χ0v) is 16.2. The van der Waals surface area contributed by atoms with Gasteiger partial charge in [0.15, 0.2) is 0 Å². The smallest absolute Gasteiger partial charge is 0.333 e. The molecule has 0 aromatic rings. The van der Waals surface area contributed by atoms with Crippen molar-refractivity contribution in [2.75, 3.05) is 7.11 Å². The number of carbonyl (C=O) groups excluding carboxylic acids is 1. The van der Waals surface area contributed by atoms with Crippen LogP contribution in [0.2, 0.25) is 0 Å². The first kappa shape index (κ1) is 17.5. The molecule has 1 N–H and O–H groups in total. The van der Waals surface area contributed by atoms with E-state index in [2.05, 4.69) is 26.8 Å². The molecule has 3 aliphatic carbocycles. The molecular formula is C21H32O4. The lowest BCUT2D eigenvalue weighted by atomic mass is 9.41. The molecular weight excluding hydrogens is 316 g/mol. The Balaban J connectivity index is 1.77. The minimum atomic E-state index is -0.612. The molecule has 0 radical (unpaired) electrons. The van der Waals surface area contributed by atoms with Crippen molar-refractivity contribution in [3.63, 3.8) is 0 Å². The van der Waals surface area contributed by atoms with Gasteiger partial charge in [-0.1, -0.05) is 19.9 Å². The lowest BCUT2D eigenvalue weighted by Crippen LogP contribution is -2.62. The summed E-state index contributed by atoms with van der Waals surface area (Å²) in [6.45, 7) is 8.78. The van der Waals surface area contributed by atoms with E-state index in [0.29, 0.717) is 23.7 Å². The van der Waals surface area contributed by atoms with Crippen LogP contribution in [0.4, 0.5) is 0 Å². The Bertz CT molecular complexity index is 621. The fourth-order valence-corrected chi connectivity index (χ4v) is 6.83. The summed E-state index contributed by atoms with van der Waals surface area (Å²) in [5.41, 5.74) is 0.213. The molecule has 4 rings (SSSR count). The second-order valence-corrected chi connectivity index (χ2v) is 9.64. The highest BCUT2D eigenvalue weighted by atomic mass is 16.6. The second kappa shape index (κ2) is 5.32. The van der Waals surface area contributed by atoms with Gasteiger partial charge in [0.1, 0.15) is 0 Å². The Morgan fingerprint density at radius 2 is 2.08 bits per heavy atom. The van der Waals surface area contributed by atoms with Crippen LogP contribution in [-0.4, -0.2) is 35.5 Å². The summed E-state index contributed by atoms with van der Waals surface area (Å²) in [4.78, 5) is 12.3. The number of rotatable bonds is 2. The van der Waals surface area contributed by atoms with E-state index in [4.69, 9.17) is 9.47 Å². The predicted molar refractivity (Wildman–Crippen MR) is 94.8 cm³/mol. The first-order valence-electron chi connectivity index (χ1n) is 9.85. The third-order valence-corrected chi connectivity index (χ3v) is 8.08. The normalized spacial score (nSPS) is 51.1. The molecule has 4 aliphatic rings. The summed E-state index contributed by atoms with van der Waals surface area (Å²) in [6.07, 6.45) is 6.95. The first-order valence-corrected chi connectivity index (χ1v) is 9.85. The Kier molecular flexibility index (Phi) is 3.73. The second-order valence-electron chi connectivity index (χ2n) is 9.64. The van der Waals surface area contributed by atoms with Crippen molar-refractivity contribution in [1.29, 1.82) is 0 Å². The molecule has 7 atom stereocenters. The Hall–Kier alpha value is -0.870. The van der Waals surface area contributed by atoms with E-state index in [1.165, 1.54) is 7.11 Å². The molecule has 0 bridgehead atoms. The summed E-state index contributed by atoms with van der Waals surface area (Å²) in [5, 5.41) is 11.1. The highest BCUT2D eigenvalue weighted by Crippen LogP contribution is 2.73. The van der Waals surface area contributed by atoms with Gasteiger partial charge in [0.25, 0.3) is 0 Å². The summed E-state index contributed by atoms with van der Waals surface area (Å²) in [7, 11) is 1.47. The third kappa shape index (κ3) is 2.29. The van der Waals surface area contributed by atoms with Crippen molar-refractivity contribution in [3.8, 4) is 0 Å². The Morgan fingerprint density at radius 1 is 1.36 bits per heavy atom. The van der Waals surface area contributed by atoms with E-state index in [1.807, 2.05) is 6.92 Å². The number of hydrogen-bond acceptors (Lipinski definition) is 4. The van der Waals surface area contributed by atoms with Crippen LogP contribution in [0.1, 0.15) is 59.8 Å². The van der Waals surface area contributed by atoms with Crippen LogP contribution in [0.3, 0.4) is 0 Å². The van der Waals surface area contributed by atoms with E-state index < -0.39 is 5.60 Å². The molecule has 140 valence electrons. The van der Waals surface area contributed by atoms with Crippen LogP contribution >= 0.6 is 0 Å². The number of aliphatic hydroxyl groups is 1. The lowest BCUT2D eigenvalue weighted by Gasteiger charge is -2.63. The van der Waals surface area contributed by atoms with Gasteiger partial charge in [-0.3, -0.25) is 0 Å². The molecule has 25 heavy (non-hydrogen) atoms. The van der Waals surface area contributed by atoms with E-state index in [9.17, 15) is 9.90 Å². The largest absolute Gasteiger partial charge is 0.466 e. The summed E-state index contributed by atoms with van der Waals surface area (Å²) in [6, 6.07) is 0. The summed E-state index contributed by atoms with van der Waals surface area (Å²) >= 11 is 0. The molecule has 1 heterocycles. The quantitative estimate of drug-likeness (QED) is 0.613. The average Bonchev–Trinajstić information content (AvgIpc) is 3.08. The molecule has 3 fully saturated rings. The molecule has 1 aliphatic heterocycles. The van der Waals surface area contributed by atoms with E-state index in [1.54, 1.807) is 0 Å². The van der Waals surface area contributed by atoms with Gasteiger partial charge in [0.2, 0.25) is 0 Å². The number of allylic oxidation sites excluding steroid dienone is 1. The lowest BCUT2D eigenvalue weighted by molar-refractivity contribution is -0.179. The molecule has 4 nitrogen and oxygen atoms in total. The minimum Gasteiger partial charge on any atom is -0.466 e. The maximum atomic E-state index is 12.3. The van der Waals surface area contributed by atoms with Gasteiger partial charge < -0.3 is 14.6 Å². The molecule has 0 aromatic carbocycles. The Labute approximate surface area is 151 Å². The van der Waals surface area contributed by atoms with Crippen molar-refractivity contribution in [2.45, 2.75) is 77.1 Å². The fraction of sp³-hybridized carbons (Fsp3) is 0.857. The van der Waals surface area contributed by atoms with Crippen LogP contribution in [0, 0.1) is 29.1 Å². The van der Waals surface area contributed by atoms with E-state index in [-0.39, 0.29) is 23.1 Å². The van der Waals surface area contributed by atoms with Crippen molar-refractivity contribution in [1.82, 2.24) is 0 Å². The van der Waals surface area contributed by atoms with Crippen LogP contribution < -0.4 is 0 Å². The summed E-state index contributed by atoms with van der Waals surface area (Å²) < 4.78 is 11.1. The van der Waals surface area contributed by atoms with Gasteiger partial charge in [-0.2, -0.15) is 0 Å². The van der Waals surface area contributed by atoms with Crippen molar-refractivity contribution < 1.29 is 19.4 Å². The van der Waals surface area contributed by atoms with Crippen molar-refractivity contribution >= 4 is 5.97 Å². The van der Waals surface area contributed by atoms with Crippen LogP contribution in [0.5, 0.6) is 0 Å². The molecule has 0 aromatic heterocycles. The predicted octanol–water partition coefficient (Wildman–Crippen LogP) is 3.48. The van der Waals surface area contributed by atoms with Crippen molar-refractivity contribution in [2.24, 2.45) is 29.1 Å². The number of hydrogen-bond donors (Lipinski definition) is 1. The number of ether oxygens (including phenoxy) is 2. The standard InChI is InChI=1S/C21H32O4/c1-12(2)21-9-8-19(3,23)17(21)14-11-20(4)16(25-20)7-6-13(10-15(14)21)18(22)24-5/h10,12,14-17,23H,6-9,11H2,1-5H3. The van der Waals surface area contributed by atoms with E-state index >= 15 is 0 Å². The minimum absolute atomic E-state index is 0.0792. The first-order chi connectivity index (χ1) is 11.7. The topological polar surface area (TPSA) is 59.1 Å².